The third kappa shape index (κ3) is 5.07. The molecule has 1 aromatic carbocycles. The highest BCUT2D eigenvalue weighted by atomic mass is 32.2. The van der Waals surface area contributed by atoms with E-state index in [-0.39, 0.29) is 18.0 Å². The molecular weight excluding hydrogens is 283 g/mol. The van der Waals surface area contributed by atoms with E-state index >= 15 is 0 Å². The maximum Gasteiger partial charge on any atom is 0.242 e. The summed E-state index contributed by atoms with van der Waals surface area (Å²) in [6.07, 6.45) is 1.90. The molecule has 0 aromatic heterocycles. The molecule has 0 aliphatic carbocycles. The lowest BCUT2D eigenvalue weighted by Gasteiger charge is -2.13. The predicted octanol–water partition coefficient (Wildman–Crippen LogP) is 1.96. The first-order chi connectivity index (χ1) is 9.51. The molecule has 0 spiro atoms. The highest BCUT2D eigenvalue weighted by molar-refractivity contribution is 7.89. The minimum Gasteiger partial charge on any atom is -0.384 e. The van der Waals surface area contributed by atoms with Crippen molar-refractivity contribution < 1.29 is 17.5 Å². The number of anilines is 1. The number of halogens is 1. The fraction of sp³-hybridized carbons (Fsp3) is 0.538. The molecule has 20 heavy (non-hydrogen) atoms. The summed E-state index contributed by atoms with van der Waals surface area (Å²) in [6.45, 7) is 3.08. The number of ether oxygens (including phenoxy) is 1. The number of unbranched alkanes of at least 4 members (excludes halogenated alkanes) is 1. The van der Waals surface area contributed by atoms with Crippen molar-refractivity contribution >= 4 is 15.7 Å². The molecule has 0 aliphatic rings. The van der Waals surface area contributed by atoms with Crippen molar-refractivity contribution in [2.45, 2.75) is 24.7 Å². The SMILES string of the molecule is CCCCNc1ccc(F)cc1S(=O)(=O)NCCOC. The number of nitrogens with one attached hydrogen (secondary N) is 2. The number of methoxy groups -OCH3 is 1. The van der Waals surface area contributed by atoms with Gasteiger partial charge in [0.1, 0.15) is 10.7 Å². The Hall–Kier alpha value is -1.18. The highest BCUT2D eigenvalue weighted by Gasteiger charge is 2.18. The van der Waals surface area contributed by atoms with E-state index in [0.717, 1.165) is 18.9 Å². The van der Waals surface area contributed by atoms with Gasteiger partial charge in [-0.15, -0.1) is 0 Å². The molecule has 0 aliphatic heterocycles. The molecule has 0 unspecified atom stereocenters. The van der Waals surface area contributed by atoms with Gasteiger partial charge in [0.2, 0.25) is 10.0 Å². The number of sulfonamides is 1. The number of hydrogen-bond donors (Lipinski definition) is 2. The van der Waals surface area contributed by atoms with Gasteiger partial charge in [-0.1, -0.05) is 13.3 Å². The molecule has 0 bridgehead atoms. The summed E-state index contributed by atoms with van der Waals surface area (Å²) in [5.41, 5.74) is 0.407. The largest absolute Gasteiger partial charge is 0.384 e. The van der Waals surface area contributed by atoms with Crippen molar-refractivity contribution in [3.8, 4) is 0 Å². The zero-order valence-corrected chi connectivity index (χ0v) is 12.6. The van der Waals surface area contributed by atoms with Gasteiger partial charge in [0.25, 0.3) is 0 Å². The molecule has 2 N–H and O–H groups in total. The molecule has 0 amide bonds. The highest BCUT2D eigenvalue weighted by Crippen LogP contribution is 2.22. The Morgan fingerprint density at radius 3 is 2.70 bits per heavy atom. The van der Waals surface area contributed by atoms with Crippen LogP contribution in [0, 0.1) is 5.82 Å². The lowest BCUT2D eigenvalue weighted by atomic mass is 10.3. The molecule has 0 atom stereocenters. The van der Waals surface area contributed by atoms with E-state index in [1.807, 2.05) is 6.92 Å². The van der Waals surface area contributed by atoms with E-state index in [4.69, 9.17) is 4.74 Å². The molecule has 0 saturated carbocycles. The lowest BCUT2D eigenvalue weighted by Crippen LogP contribution is -2.28. The van der Waals surface area contributed by atoms with Crippen LogP contribution in [0.15, 0.2) is 23.1 Å². The molecular formula is C13H21FN2O3S. The Labute approximate surface area is 119 Å². The molecule has 0 heterocycles. The molecule has 1 rings (SSSR count). The first-order valence-corrected chi connectivity index (χ1v) is 8.01. The Kier molecular flexibility index (Phi) is 6.90. The zero-order chi connectivity index (χ0) is 15.0. The third-order valence-electron chi connectivity index (χ3n) is 2.68. The normalized spacial score (nSPS) is 11.6. The van der Waals surface area contributed by atoms with Crippen molar-refractivity contribution in [2.24, 2.45) is 0 Å². The minimum atomic E-state index is -3.76. The molecule has 7 heteroatoms. The molecule has 5 nitrogen and oxygen atoms in total. The summed E-state index contributed by atoms with van der Waals surface area (Å²) in [5.74, 6) is -0.585. The van der Waals surface area contributed by atoms with Crippen LogP contribution in [0.3, 0.4) is 0 Å². The Balaban J connectivity index is 2.92. The average molecular weight is 304 g/mol. The van der Waals surface area contributed by atoms with Gasteiger partial charge in [0.15, 0.2) is 0 Å². The quantitative estimate of drug-likeness (QED) is 0.684. The van der Waals surface area contributed by atoms with E-state index in [9.17, 15) is 12.8 Å². The van der Waals surface area contributed by atoms with Gasteiger partial charge >= 0.3 is 0 Å². The second-order valence-corrected chi connectivity index (χ2v) is 6.05. The lowest BCUT2D eigenvalue weighted by molar-refractivity contribution is 0.204. The number of benzene rings is 1. The Morgan fingerprint density at radius 2 is 2.05 bits per heavy atom. The van der Waals surface area contributed by atoms with Crippen molar-refractivity contribution in [3.05, 3.63) is 24.0 Å². The van der Waals surface area contributed by atoms with Gasteiger partial charge in [0, 0.05) is 20.2 Å². The summed E-state index contributed by atoms with van der Waals surface area (Å²) >= 11 is 0. The summed E-state index contributed by atoms with van der Waals surface area (Å²) in [6, 6.07) is 3.70. The maximum atomic E-state index is 13.3. The van der Waals surface area contributed by atoms with E-state index in [0.29, 0.717) is 12.2 Å². The van der Waals surface area contributed by atoms with Crippen LogP contribution in [0.4, 0.5) is 10.1 Å². The van der Waals surface area contributed by atoms with E-state index < -0.39 is 15.8 Å². The molecule has 0 radical (unpaired) electrons. The minimum absolute atomic E-state index is 0.0790. The van der Waals surface area contributed by atoms with Crippen molar-refractivity contribution in [3.63, 3.8) is 0 Å². The van der Waals surface area contributed by atoms with Gasteiger partial charge in [-0.3, -0.25) is 0 Å². The molecule has 114 valence electrons. The first kappa shape index (κ1) is 16.9. The second kappa shape index (κ2) is 8.18. The van der Waals surface area contributed by atoms with Crippen LogP contribution in [-0.4, -0.2) is 35.2 Å². The van der Waals surface area contributed by atoms with Crippen molar-refractivity contribution in [1.29, 1.82) is 0 Å². The summed E-state index contributed by atoms with van der Waals surface area (Å²) in [5, 5.41) is 3.02. The van der Waals surface area contributed by atoms with Crippen LogP contribution < -0.4 is 10.0 Å². The topological polar surface area (TPSA) is 67.4 Å². The zero-order valence-electron chi connectivity index (χ0n) is 11.8. The number of hydrogen-bond acceptors (Lipinski definition) is 4. The number of rotatable bonds is 9. The van der Waals surface area contributed by atoms with Crippen molar-refractivity contribution in [1.82, 2.24) is 4.72 Å². The Bertz CT molecular complexity index is 520. The monoisotopic (exact) mass is 304 g/mol. The molecule has 1 aromatic rings. The first-order valence-electron chi connectivity index (χ1n) is 6.53. The Morgan fingerprint density at radius 1 is 1.30 bits per heavy atom. The summed E-state index contributed by atoms with van der Waals surface area (Å²) in [7, 11) is -2.27. The maximum absolute atomic E-state index is 13.3. The van der Waals surface area contributed by atoms with Crippen LogP contribution in [-0.2, 0) is 14.8 Å². The van der Waals surface area contributed by atoms with E-state index in [2.05, 4.69) is 10.0 Å². The van der Waals surface area contributed by atoms with Gasteiger partial charge in [-0.2, -0.15) is 0 Å². The van der Waals surface area contributed by atoms with Crippen LogP contribution in [0.5, 0.6) is 0 Å². The molecule has 0 saturated heterocycles. The van der Waals surface area contributed by atoms with Gasteiger partial charge < -0.3 is 10.1 Å². The molecule has 0 fully saturated rings. The fourth-order valence-electron chi connectivity index (χ4n) is 1.62. The average Bonchev–Trinajstić information content (AvgIpc) is 2.41. The van der Waals surface area contributed by atoms with Gasteiger partial charge in [-0.25, -0.2) is 17.5 Å². The standard InChI is InChI=1S/C13H21FN2O3S/c1-3-4-7-15-12-6-5-11(14)10-13(12)20(17,18)16-8-9-19-2/h5-6,10,15-16H,3-4,7-9H2,1-2H3. The van der Waals surface area contributed by atoms with Crippen molar-refractivity contribution in [2.75, 3.05) is 32.1 Å². The van der Waals surface area contributed by atoms with E-state index in [1.54, 1.807) is 0 Å². The van der Waals surface area contributed by atoms with Gasteiger partial charge in [-0.05, 0) is 24.6 Å². The van der Waals surface area contributed by atoms with Crippen LogP contribution in [0.1, 0.15) is 19.8 Å². The van der Waals surface area contributed by atoms with Crippen LogP contribution >= 0.6 is 0 Å². The van der Waals surface area contributed by atoms with Gasteiger partial charge in [0.05, 0.1) is 12.3 Å². The van der Waals surface area contributed by atoms with Crippen LogP contribution in [0.25, 0.3) is 0 Å². The van der Waals surface area contributed by atoms with E-state index in [1.165, 1.54) is 19.2 Å². The summed E-state index contributed by atoms with van der Waals surface area (Å²) < 4.78 is 44.8. The van der Waals surface area contributed by atoms with Crippen LogP contribution in [0.2, 0.25) is 0 Å². The third-order valence-corrected chi connectivity index (χ3v) is 4.18. The smallest absolute Gasteiger partial charge is 0.242 e. The fourth-order valence-corrected chi connectivity index (χ4v) is 2.83. The predicted molar refractivity (Wildman–Crippen MR) is 76.9 cm³/mol. The summed E-state index contributed by atoms with van der Waals surface area (Å²) in [4.78, 5) is -0.0790. The second-order valence-electron chi connectivity index (χ2n) is 4.31.